The third-order valence-electron chi connectivity index (χ3n) is 8.20. The number of pyridine rings is 1. The standard InChI is InChI=1S/C32H33FN5O2P/c1-21-11-12-23(33)20-28(21)36-32-35-27-14-13-25-22(2)26(34-31(39)29(25)30(27)37(32)3)10-7-15-38-16-18-41(40,19-17-38)24-8-5-4-6-9-24/h4-14,20H,15-19H2,1-3H3,(H,34,39)(H,35,36)/b10-7-. The summed E-state index contributed by atoms with van der Waals surface area (Å²) in [6.07, 6.45) is 5.41. The summed E-state index contributed by atoms with van der Waals surface area (Å²) in [5.41, 5.74) is 4.48. The Bertz CT molecular complexity index is 1900. The lowest BCUT2D eigenvalue weighted by atomic mass is 10.0. The smallest absolute Gasteiger partial charge is 0.258 e. The number of nitrogens with zero attached hydrogens (tertiary/aromatic N) is 3. The van der Waals surface area contributed by atoms with Gasteiger partial charge in [-0.3, -0.25) is 9.69 Å². The topological polar surface area (TPSA) is 83.0 Å². The zero-order valence-corrected chi connectivity index (χ0v) is 24.3. The molecule has 2 aromatic heterocycles. The number of imidazole rings is 1. The Morgan fingerprint density at radius 1 is 1.07 bits per heavy atom. The van der Waals surface area contributed by atoms with Crippen LogP contribution in [-0.4, -0.2) is 51.4 Å². The number of hydrogen-bond donors (Lipinski definition) is 2. The van der Waals surface area contributed by atoms with Crippen molar-refractivity contribution in [3.05, 3.63) is 99.7 Å². The Hall–Kier alpha value is -4.00. The van der Waals surface area contributed by atoms with Gasteiger partial charge >= 0.3 is 0 Å². The molecule has 2 N–H and O–H groups in total. The zero-order valence-electron chi connectivity index (χ0n) is 23.4. The van der Waals surface area contributed by atoms with E-state index < -0.39 is 7.14 Å². The van der Waals surface area contributed by atoms with Gasteiger partial charge in [-0.05, 0) is 54.6 Å². The molecular weight excluding hydrogens is 536 g/mol. The lowest BCUT2D eigenvalue weighted by Crippen LogP contribution is -2.37. The molecule has 0 bridgehead atoms. The maximum Gasteiger partial charge on any atom is 0.258 e. The molecule has 1 fully saturated rings. The van der Waals surface area contributed by atoms with Crippen LogP contribution in [-0.2, 0) is 11.6 Å². The molecule has 0 aliphatic carbocycles. The predicted molar refractivity (Wildman–Crippen MR) is 167 cm³/mol. The molecule has 3 heterocycles. The molecule has 3 aromatic carbocycles. The second-order valence-corrected chi connectivity index (χ2v) is 14.0. The van der Waals surface area contributed by atoms with E-state index in [1.54, 1.807) is 6.07 Å². The van der Waals surface area contributed by atoms with Gasteiger partial charge in [0.1, 0.15) is 13.0 Å². The predicted octanol–water partition coefficient (Wildman–Crippen LogP) is 5.93. The number of H-pyrrole nitrogens is 1. The lowest BCUT2D eigenvalue weighted by Gasteiger charge is -2.31. The molecular formula is C32H33FN5O2P. The van der Waals surface area contributed by atoms with Crippen molar-refractivity contribution in [1.29, 1.82) is 0 Å². The minimum atomic E-state index is -2.32. The van der Waals surface area contributed by atoms with E-state index >= 15 is 0 Å². The van der Waals surface area contributed by atoms with Crippen LogP contribution in [0.2, 0.25) is 0 Å². The van der Waals surface area contributed by atoms with Crippen LogP contribution < -0.4 is 16.2 Å². The first-order valence-electron chi connectivity index (χ1n) is 13.8. The number of halogens is 1. The Morgan fingerprint density at radius 3 is 2.59 bits per heavy atom. The van der Waals surface area contributed by atoms with Crippen LogP contribution in [0.15, 0.2) is 71.5 Å². The molecule has 9 heteroatoms. The third-order valence-corrected chi connectivity index (χ3v) is 11.3. The minimum Gasteiger partial charge on any atom is -0.325 e. The van der Waals surface area contributed by atoms with Crippen molar-refractivity contribution in [2.24, 2.45) is 7.05 Å². The van der Waals surface area contributed by atoms with E-state index in [4.69, 9.17) is 0 Å². The van der Waals surface area contributed by atoms with Crippen molar-refractivity contribution in [2.75, 3.05) is 37.3 Å². The Kier molecular flexibility index (Phi) is 7.14. The number of aryl methyl sites for hydroxylation is 3. The van der Waals surface area contributed by atoms with E-state index in [1.807, 2.05) is 74.0 Å². The molecule has 41 heavy (non-hydrogen) atoms. The van der Waals surface area contributed by atoms with Gasteiger partial charge in [-0.25, -0.2) is 9.37 Å². The number of aromatic amines is 1. The quantitative estimate of drug-likeness (QED) is 0.248. The van der Waals surface area contributed by atoms with Crippen LogP contribution in [0.3, 0.4) is 0 Å². The summed E-state index contributed by atoms with van der Waals surface area (Å²) in [4.78, 5) is 23.5. The second kappa shape index (κ2) is 10.8. The molecule has 5 aromatic rings. The van der Waals surface area contributed by atoms with Crippen LogP contribution in [0.25, 0.3) is 27.9 Å². The van der Waals surface area contributed by atoms with Gasteiger partial charge in [0.05, 0.1) is 16.4 Å². The van der Waals surface area contributed by atoms with Crippen molar-refractivity contribution in [3.63, 3.8) is 0 Å². The zero-order chi connectivity index (χ0) is 28.7. The van der Waals surface area contributed by atoms with Crippen molar-refractivity contribution in [2.45, 2.75) is 13.8 Å². The molecule has 6 rings (SSSR count). The van der Waals surface area contributed by atoms with Crippen LogP contribution in [0, 0.1) is 19.7 Å². The SMILES string of the molecule is Cc1ccc(F)cc1Nc1nc2ccc3c(C)c(/C=C\CN4CCP(=O)(c5ccccc5)CC4)[nH]c(=O)c3c2n1C. The number of benzene rings is 3. The third kappa shape index (κ3) is 5.14. The Labute approximate surface area is 238 Å². The summed E-state index contributed by atoms with van der Waals surface area (Å²) in [5, 5.41) is 5.63. The van der Waals surface area contributed by atoms with Crippen LogP contribution in [0.4, 0.5) is 16.0 Å². The fourth-order valence-corrected chi connectivity index (χ4v) is 8.36. The molecule has 0 amide bonds. The molecule has 7 nitrogen and oxygen atoms in total. The van der Waals surface area contributed by atoms with E-state index in [-0.39, 0.29) is 11.4 Å². The highest BCUT2D eigenvalue weighted by molar-refractivity contribution is 7.71. The maximum absolute atomic E-state index is 13.9. The molecule has 0 spiro atoms. The second-order valence-electron chi connectivity index (χ2n) is 10.8. The molecule has 210 valence electrons. The highest BCUT2D eigenvalue weighted by Gasteiger charge is 2.29. The summed E-state index contributed by atoms with van der Waals surface area (Å²) in [5.74, 6) is 0.197. The number of anilines is 2. The van der Waals surface area contributed by atoms with Crippen molar-refractivity contribution in [1.82, 2.24) is 19.4 Å². The first-order chi connectivity index (χ1) is 19.7. The number of rotatable bonds is 6. The number of aromatic nitrogens is 3. The molecule has 1 aliphatic rings. The number of fused-ring (bicyclic) bond motifs is 3. The molecule has 0 radical (unpaired) electrons. The average Bonchev–Trinajstić information content (AvgIpc) is 3.29. The summed E-state index contributed by atoms with van der Waals surface area (Å²) in [7, 11) is -0.473. The molecule has 0 saturated carbocycles. The van der Waals surface area contributed by atoms with Gasteiger partial charge in [-0.2, -0.15) is 0 Å². The highest BCUT2D eigenvalue weighted by Crippen LogP contribution is 2.46. The summed E-state index contributed by atoms with van der Waals surface area (Å²) in [6, 6.07) is 18.3. The van der Waals surface area contributed by atoms with E-state index in [2.05, 4.69) is 26.3 Å². The van der Waals surface area contributed by atoms with E-state index in [9.17, 15) is 13.8 Å². The summed E-state index contributed by atoms with van der Waals surface area (Å²) in [6.45, 7) is 6.20. The Morgan fingerprint density at radius 2 is 1.83 bits per heavy atom. The fourth-order valence-electron chi connectivity index (χ4n) is 5.69. The summed E-state index contributed by atoms with van der Waals surface area (Å²) < 4.78 is 29.1. The fraction of sp³-hybridized carbons (Fsp3) is 0.250. The van der Waals surface area contributed by atoms with E-state index in [0.717, 1.165) is 52.7 Å². The van der Waals surface area contributed by atoms with Crippen LogP contribution in [0.1, 0.15) is 16.8 Å². The minimum absolute atomic E-state index is 0.186. The maximum atomic E-state index is 13.9. The monoisotopic (exact) mass is 569 g/mol. The van der Waals surface area contributed by atoms with Crippen LogP contribution in [0.5, 0.6) is 0 Å². The van der Waals surface area contributed by atoms with Crippen molar-refractivity contribution < 1.29 is 8.96 Å². The van der Waals surface area contributed by atoms with Gasteiger partial charge in [0.15, 0.2) is 0 Å². The molecule has 1 aliphatic heterocycles. The normalized spacial score (nSPS) is 15.7. The lowest BCUT2D eigenvalue weighted by molar-refractivity contribution is 0.328. The van der Waals surface area contributed by atoms with Crippen molar-refractivity contribution >= 4 is 52.0 Å². The first-order valence-corrected chi connectivity index (χ1v) is 15.9. The van der Waals surface area contributed by atoms with Gasteiger partial charge in [0.2, 0.25) is 5.95 Å². The van der Waals surface area contributed by atoms with Gasteiger partial charge in [0.25, 0.3) is 5.56 Å². The van der Waals surface area contributed by atoms with E-state index in [0.29, 0.717) is 34.9 Å². The van der Waals surface area contributed by atoms with Crippen LogP contribution >= 0.6 is 7.14 Å². The van der Waals surface area contributed by atoms with Crippen molar-refractivity contribution in [3.8, 4) is 0 Å². The van der Waals surface area contributed by atoms with Gasteiger partial charge in [-0.1, -0.05) is 48.5 Å². The number of hydrogen-bond acceptors (Lipinski definition) is 5. The molecule has 0 atom stereocenters. The first kappa shape index (κ1) is 27.2. The van der Waals surface area contributed by atoms with Gasteiger partial charge < -0.3 is 19.4 Å². The average molecular weight is 570 g/mol. The Balaban J connectivity index is 1.23. The van der Waals surface area contributed by atoms with Gasteiger partial charge in [0, 0.05) is 55.7 Å². The molecule has 0 unspecified atom stereocenters. The van der Waals surface area contributed by atoms with E-state index in [1.165, 1.54) is 12.1 Å². The van der Waals surface area contributed by atoms with Gasteiger partial charge in [-0.15, -0.1) is 0 Å². The number of nitrogens with one attached hydrogen (secondary N) is 2. The highest BCUT2D eigenvalue weighted by atomic mass is 31.2. The largest absolute Gasteiger partial charge is 0.325 e. The molecule has 1 saturated heterocycles. The summed E-state index contributed by atoms with van der Waals surface area (Å²) >= 11 is 0.